The van der Waals surface area contributed by atoms with Gasteiger partial charge in [-0.05, 0) is 45.8 Å². The topological polar surface area (TPSA) is 29.9 Å². The number of aromatic amines is 1. The summed E-state index contributed by atoms with van der Waals surface area (Å²) in [4.78, 5) is 3.10. The molecule has 0 radical (unpaired) electrons. The van der Waals surface area contributed by atoms with Gasteiger partial charge in [0.1, 0.15) is 0 Å². The van der Waals surface area contributed by atoms with Gasteiger partial charge in [-0.2, -0.15) is 0 Å². The number of rotatable bonds is 1. The van der Waals surface area contributed by atoms with Crippen LogP contribution in [0.25, 0.3) is 0 Å². The van der Waals surface area contributed by atoms with Crippen LogP contribution in [0.2, 0.25) is 0 Å². The third kappa shape index (κ3) is 2.16. The second kappa shape index (κ2) is 3.76. The maximum Gasteiger partial charge on any atom is 0.177 e. The van der Waals surface area contributed by atoms with Crippen molar-refractivity contribution >= 4 is 12.2 Å². The molecule has 1 atom stereocenters. The van der Waals surface area contributed by atoms with Crippen LogP contribution in [0.4, 0.5) is 0 Å². The van der Waals surface area contributed by atoms with Crippen molar-refractivity contribution in [2.45, 2.75) is 45.3 Å². The quantitative estimate of drug-likeness (QED) is 0.746. The van der Waals surface area contributed by atoms with Gasteiger partial charge in [-0.1, -0.05) is 0 Å². The van der Waals surface area contributed by atoms with E-state index in [0.717, 1.165) is 24.2 Å². The Labute approximate surface area is 95.5 Å². The first kappa shape index (κ1) is 10.9. The Morgan fingerprint density at radius 2 is 2.33 bits per heavy atom. The molecule has 1 saturated heterocycles. The highest BCUT2D eigenvalue weighted by molar-refractivity contribution is 7.71. The van der Waals surface area contributed by atoms with E-state index in [1.807, 2.05) is 6.20 Å². The van der Waals surface area contributed by atoms with Crippen LogP contribution in [0.15, 0.2) is 6.20 Å². The molecule has 0 saturated carbocycles. The normalized spacial score (nSPS) is 25.4. The van der Waals surface area contributed by atoms with Crippen molar-refractivity contribution in [3.8, 4) is 0 Å². The molecule has 0 aliphatic carbocycles. The third-order valence-electron chi connectivity index (χ3n) is 3.04. The zero-order chi connectivity index (χ0) is 11.1. The van der Waals surface area contributed by atoms with Gasteiger partial charge in [0, 0.05) is 24.5 Å². The highest BCUT2D eigenvalue weighted by Crippen LogP contribution is 2.32. The first-order chi connectivity index (χ1) is 6.99. The average Bonchev–Trinajstić information content (AvgIpc) is 2.44. The van der Waals surface area contributed by atoms with Gasteiger partial charge in [-0.25, -0.2) is 0 Å². The Morgan fingerprint density at radius 3 is 2.87 bits per heavy atom. The van der Waals surface area contributed by atoms with Crippen LogP contribution in [0.5, 0.6) is 0 Å². The lowest BCUT2D eigenvalue weighted by molar-refractivity contribution is -0.0695. The van der Waals surface area contributed by atoms with Crippen LogP contribution >= 0.6 is 12.2 Å². The van der Waals surface area contributed by atoms with Crippen molar-refractivity contribution in [2.75, 3.05) is 6.61 Å². The lowest BCUT2D eigenvalue weighted by Gasteiger charge is -2.36. The lowest BCUT2D eigenvalue weighted by Crippen LogP contribution is -2.35. The van der Waals surface area contributed by atoms with Crippen molar-refractivity contribution < 1.29 is 4.74 Å². The largest absolute Gasteiger partial charge is 0.375 e. The molecule has 15 heavy (non-hydrogen) atoms. The number of imidazole rings is 1. The first-order valence-electron chi connectivity index (χ1n) is 5.40. The third-order valence-corrected chi connectivity index (χ3v) is 3.35. The smallest absolute Gasteiger partial charge is 0.177 e. The molecule has 84 valence electrons. The van der Waals surface area contributed by atoms with E-state index in [2.05, 4.69) is 30.3 Å². The van der Waals surface area contributed by atoms with Gasteiger partial charge in [0.2, 0.25) is 0 Å². The van der Waals surface area contributed by atoms with Crippen molar-refractivity contribution in [3.05, 3.63) is 16.7 Å². The number of nitrogens with one attached hydrogen (secondary N) is 1. The van der Waals surface area contributed by atoms with Crippen molar-refractivity contribution in [1.29, 1.82) is 0 Å². The SMILES string of the molecule is Cc1c[nH]c(=S)n1C1CCOC(C)(C)C1. The molecular formula is C11H18N2OS. The molecule has 0 spiro atoms. The van der Waals surface area contributed by atoms with Gasteiger partial charge in [0.05, 0.1) is 5.60 Å². The summed E-state index contributed by atoms with van der Waals surface area (Å²) in [6.45, 7) is 7.20. The average molecular weight is 226 g/mol. The molecular weight excluding hydrogens is 208 g/mol. The molecule has 4 heteroatoms. The highest BCUT2D eigenvalue weighted by atomic mass is 32.1. The van der Waals surface area contributed by atoms with E-state index >= 15 is 0 Å². The summed E-state index contributed by atoms with van der Waals surface area (Å²) in [6.07, 6.45) is 4.06. The second-order valence-electron chi connectivity index (χ2n) is 4.86. The molecule has 2 rings (SSSR count). The summed E-state index contributed by atoms with van der Waals surface area (Å²) < 4.78 is 8.77. The van der Waals surface area contributed by atoms with Crippen molar-refractivity contribution in [3.63, 3.8) is 0 Å². The fourth-order valence-corrected chi connectivity index (χ4v) is 2.69. The summed E-state index contributed by atoms with van der Waals surface area (Å²) in [5.74, 6) is 0. The summed E-state index contributed by atoms with van der Waals surface area (Å²) in [5, 5.41) is 0. The molecule has 1 aromatic rings. The summed E-state index contributed by atoms with van der Waals surface area (Å²) in [5.41, 5.74) is 1.18. The standard InChI is InChI=1S/C11H18N2OS/c1-8-7-12-10(15)13(8)9-4-5-14-11(2,3)6-9/h7,9H,4-6H2,1-3H3,(H,12,15). The van der Waals surface area contributed by atoms with Crippen LogP contribution in [0.1, 0.15) is 38.4 Å². The number of nitrogens with zero attached hydrogens (tertiary/aromatic N) is 1. The van der Waals surface area contributed by atoms with E-state index in [9.17, 15) is 0 Å². The van der Waals surface area contributed by atoms with E-state index in [4.69, 9.17) is 17.0 Å². The lowest BCUT2D eigenvalue weighted by atomic mass is 9.94. The van der Waals surface area contributed by atoms with Crippen LogP contribution in [-0.4, -0.2) is 21.8 Å². The number of aryl methyl sites for hydroxylation is 1. The van der Waals surface area contributed by atoms with E-state index < -0.39 is 0 Å². The number of hydrogen-bond acceptors (Lipinski definition) is 2. The minimum absolute atomic E-state index is 0.0264. The van der Waals surface area contributed by atoms with Crippen molar-refractivity contribution in [2.24, 2.45) is 0 Å². The molecule has 0 aromatic carbocycles. The fraction of sp³-hybridized carbons (Fsp3) is 0.727. The Hall–Kier alpha value is -0.610. The molecule has 3 nitrogen and oxygen atoms in total. The monoisotopic (exact) mass is 226 g/mol. The number of ether oxygens (including phenoxy) is 1. The summed E-state index contributed by atoms with van der Waals surface area (Å²) in [6, 6.07) is 0.479. The minimum atomic E-state index is -0.0264. The molecule has 1 aliphatic heterocycles. The second-order valence-corrected chi connectivity index (χ2v) is 5.25. The Kier molecular flexibility index (Phi) is 2.73. The number of hydrogen-bond donors (Lipinski definition) is 1. The number of aromatic nitrogens is 2. The molecule has 1 aromatic heterocycles. The van der Waals surface area contributed by atoms with Crippen LogP contribution in [-0.2, 0) is 4.74 Å². The van der Waals surface area contributed by atoms with Gasteiger partial charge < -0.3 is 14.3 Å². The Bertz CT molecular complexity index is 405. The van der Waals surface area contributed by atoms with E-state index in [1.54, 1.807) is 0 Å². The van der Waals surface area contributed by atoms with E-state index in [0.29, 0.717) is 6.04 Å². The molecule has 1 fully saturated rings. The van der Waals surface area contributed by atoms with Crippen molar-refractivity contribution in [1.82, 2.24) is 9.55 Å². The predicted molar refractivity (Wildman–Crippen MR) is 62.7 cm³/mol. The Balaban J connectivity index is 2.28. The number of H-pyrrole nitrogens is 1. The molecule has 1 aliphatic rings. The van der Waals surface area contributed by atoms with Gasteiger partial charge in [0.25, 0.3) is 0 Å². The zero-order valence-electron chi connectivity index (χ0n) is 9.54. The molecule has 0 bridgehead atoms. The molecule has 0 amide bonds. The van der Waals surface area contributed by atoms with Crippen LogP contribution in [0.3, 0.4) is 0 Å². The first-order valence-corrected chi connectivity index (χ1v) is 5.81. The van der Waals surface area contributed by atoms with Crippen LogP contribution in [0, 0.1) is 11.7 Å². The Morgan fingerprint density at radius 1 is 1.60 bits per heavy atom. The highest BCUT2D eigenvalue weighted by Gasteiger charge is 2.30. The van der Waals surface area contributed by atoms with Gasteiger partial charge >= 0.3 is 0 Å². The van der Waals surface area contributed by atoms with Gasteiger partial charge in [-0.3, -0.25) is 0 Å². The van der Waals surface area contributed by atoms with Gasteiger partial charge in [-0.15, -0.1) is 0 Å². The van der Waals surface area contributed by atoms with E-state index in [-0.39, 0.29) is 5.60 Å². The zero-order valence-corrected chi connectivity index (χ0v) is 10.4. The molecule has 2 heterocycles. The fourth-order valence-electron chi connectivity index (χ4n) is 2.34. The van der Waals surface area contributed by atoms with Crippen LogP contribution < -0.4 is 0 Å². The minimum Gasteiger partial charge on any atom is -0.375 e. The maximum atomic E-state index is 5.72. The molecule has 1 unspecified atom stereocenters. The predicted octanol–water partition coefficient (Wildman–Crippen LogP) is 2.98. The maximum absolute atomic E-state index is 5.72. The summed E-state index contributed by atoms with van der Waals surface area (Å²) in [7, 11) is 0. The van der Waals surface area contributed by atoms with E-state index in [1.165, 1.54) is 5.69 Å². The molecule has 1 N–H and O–H groups in total. The summed E-state index contributed by atoms with van der Waals surface area (Å²) >= 11 is 5.30. The van der Waals surface area contributed by atoms with Gasteiger partial charge in [0.15, 0.2) is 4.77 Å².